The Morgan fingerprint density at radius 3 is 2.22 bits per heavy atom. The number of benzene rings is 3. The van der Waals surface area contributed by atoms with Crippen molar-refractivity contribution in [1.82, 2.24) is 4.98 Å². The molecule has 1 aliphatic carbocycles. The second-order valence-corrected chi connectivity index (χ2v) is 7.94. The number of aromatic nitrogens is 1. The molecule has 0 saturated heterocycles. The van der Waals surface area contributed by atoms with Crippen LogP contribution in [0.2, 0.25) is 0 Å². The molecule has 0 radical (unpaired) electrons. The van der Waals surface area contributed by atoms with E-state index in [9.17, 15) is 4.79 Å². The number of fused-ring (bicyclic) bond motifs is 1. The number of carbonyl (C=O) groups is 1. The third-order valence-electron chi connectivity index (χ3n) is 4.88. The Labute approximate surface area is 161 Å². The minimum absolute atomic E-state index is 0.267. The predicted molar refractivity (Wildman–Crippen MR) is 112 cm³/mol. The number of hydrogen-bond donors (Lipinski definition) is 1. The Kier molecular flexibility index (Phi) is 3.98. The molecule has 0 unspecified atom stereocenters. The van der Waals surface area contributed by atoms with Crippen molar-refractivity contribution in [3.63, 3.8) is 0 Å². The van der Waals surface area contributed by atoms with E-state index in [2.05, 4.69) is 40.6 Å². The van der Waals surface area contributed by atoms with E-state index >= 15 is 0 Å². The zero-order valence-corrected chi connectivity index (χ0v) is 15.5. The van der Waals surface area contributed by atoms with Crippen LogP contribution in [0, 0.1) is 5.92 Å². The monoisotopic (exact) mass is 370 g/mol. The lowest BCUT2D eigenvalue weighted by molar-refractivity contribution is 0.0967. The number of Topliss-reactive ketones (excluding diaryl/α,β-unsaturated/α-hetero) is 1. The average molecular weight is 370 g/mol. The fraction of sp³-hybridized carbons (Fsp3) is 0.130. The number of carbonyl (C=O) groups excluding carboxylic acids is 1. The number of ketones is 1. The van der Waals surface area contributed by atoms with E-state index < -0.39 is 0 Å². The number of hydrogen-bond acceptors (Lipinski definition) is 4. The van der Waals surface area contributed by atoms with Crippen LogP contribution in [0.4, 0.5) is 10.8 Å². The van der Waals surface area contributed by atoms with E-state index in [0.29, 0.717) is 0 Å². The molecule has 0 amide bonds. The molecule has 4 aromatic rings. The highest BCUT2D eigenvalue weighted by Crippen LogP contribution is 2.33. The van der Waals surface area contributed by atoms with Crippen molar-refractivity contribution < 1.29 is 4.79 Å². The first kappa shape index (κ1) is 16.2. The van der Waals surface area contributed by atoms with Crippen molar-refractivity contribution in [2.45, 2.75) is 12.8 Å². The van der Waals surface area contributed by atoms with Gasteiger partial charge in [0.25, 0.3) is 0 Å². The molecule has 132 valence electrons. The van der Waals surface area contributed by atoms with Crippen LogP contribution in [-0.4, -0.2) is 10.8 Å². The van der Waals surface area contributed by atoms with Crippen LogP contribution < -0.4 is 5.32 Å². The highest BCUT2D eigenvalue weighted by atomic mass is 32.1. The molecule has 0 bridgehead atoms. The Morgan fingerprint density at radius 2 is 1.56 bits per heavy atom. The largest absolute Gasteiger partial charge is 0.332 e. The van der Waals surface area contributed by atoms with Gasteiger partial charge in [0, 0.05) is 17.2 Å². The van der Waals surface area contributed by atoms with Crippen molar-refractivity contribution >= 4 is 38.2 Å². The van der Waals surface area contributed by atoms with Crippen molar-refractivity contribution in [3.05, 3.63) is 78.4 Å². The topological polar surface area (TPSA) is 42.0 Å². The molecule has 1 saturated carbocycles. The fourth-order valence-electron chi connectivity index (χ4n) is 3.20. The first-order valence-corrected chi connectivity index (χ1v) is 9.95. The van der Waals surface area contributed by atoms with Gasteiger partial charge in [-0.05, 0) is 48.2 Å². The first-order valence-electron chi connectivity index (χ1n) is 9.13. The summed E-state index contributed by atoms with van der Waals surface area (Å²) in [5.74, 6) is 0.556. The maximum atomic E-state index is 12.1. The average Bonchev–Trinajstić information content (AvgIpc) is 3.48. The predicted octanol–water partition coefficient (Wildman–Crippen LogP) is 6.30. The second-order valence-electron chi connectivity index (χ2n) is 6.90. The molecule has 4 heteroatoms. The molecule has 0 spiro atoms. The molecule has 1 N–H and O–H groups in total. The lowest BCUT2D eigenvalue weighted by Gasteiger charge is -2.06. The minimum atomic E-state index is 0.267. The second kappa shape index (κ2) is 6.63. The zero-order chi connectivity index (χ0) is 18.2. The Morgan fingerprint density at radius 1 is 0.889 bits per heavy atom. The van der Waals surface area contributed by atoms with E-state index in [1.807, 2.05) is 42.5 Å². The summed E-state index contributed by atoms with van der Waals surface area (Å²) >= 11 is 1.65. The molecule has 1 aliphatic rings. The highest BCUT2D eigenvalue weighted by Gasteiger charge is 2.30. The van der Waals surface area contributed by atoms with Gasteiger partial charge in [-0.3, -0.25) is 4.79 Å². The molecule has 1 aromatic heterocycles. The zero-order valence-electron chi connectivity index (χ0n) is 14.7. The highest BCUT2D eigenvalue weighted by molar-refractivity contribution is 7.22. The van der Waals surface area contributed by atoms with Gasteiger partial charge >= 0.3 is 0 Å². The first-order chi connectivity index (χ1) is 13.3. The van der Waals surface area contributed by atoms with Crippen LogP contribution in [0.5, 0.6) is 0 Å². The molecule has 0 atom stereocenters. The smallest absolute Gasteiger partial charge is 0.188 e. The van der Waals surface area contributed by atoms with Crippen LogP contribution in [0.25, 0.3) is 21.3 Å². The van der Waals surface area contributed by atoms with E-state index in [0.717, 1.165) is 45.9 Å². The third kappa shape index (κ3) is 3.36. The van der Waals surface area contributed by atoms with E-state index in [1.54, 1.807) is 11.3 Å². The molecular weight excluding hydrogens is 352 g/mol. The van der Waals surface area contributed by atoms with Gasteiger partial charge in [0.15, 0.2) is 10.9 Å². The maximum Gasteiger partial charge on any atom is 0.188 e. The van der Waals surface area contributed by atoms with E-state index in [-0.39, 0.29) is 11.7 Å². The Balaban J connectivity index is 1.32. The van der Waals surface area contributed by atoms with Gasteiger partial charge in [-0.1, -0.05) is 59.9 Å². The number of thiazole rings is 1. The van der Waals surface area contributed by atoms with Gasteiger partial charge < -0.3 is 5.32 Å². The summed E-state index contributed by atoms with van der Waals surface area (Å²) in [6, 6.07) is 24.4. The van der Waals surface area contributed by atoms with Crippen LogP contribution in [0.1, 0.15) is 23.2 Å². The lowest BCUT2D eigenvalue weighted by atomic mass is 10.0. The van der Waals surface area contributed by atoms with E-state index in [4.69, 9.17) is 0 Å². The molecule has 5 rings (SSSR count). The standard InChI is InChI=1S/C23H18N2OS/c26-22(18-9-10-18)17-7-5-15(6-8-17)16-11-13-19(14-12-16)24-23-25-20-3-1-2-4-21(20)27-23/h1-8,11-14,18H,9-10H2,(H,24,25). The summed E-state index contributed by atoms with van der Waals surface area (Å²) in [6.07, 6.45) is 2.09. The summed E-state index contributed by atoms with van der Waals surface area (Å²) in [4.78, 5) is 16.7. The molecular formula is C23H18N2OS. The van der Waals surface area contributed by atoms with Gasteiger partial charge in [0.2, 0.25) is 0 Å². The minimum Gasteiger partial charge on any atom is -0.332 e. The van der Waals surface area contributed by atoms with Crippen LogP contribution >= 0.6 is 11.3 Å². The molecule has 3 nitrogen and oxygen atoms in total. The van der Waals surface area contributed by atoms with Gasteiger partial charge in [-0.2, -0.15) is 0 Å². The molecule has 3 aromatic carbocycles. The van der Waals surface area contributed by atoms with Crippen molar-refractivity contribution in [2.24, 2.45) is 5.92 Å². The van der Waals surface area contributed by atoms with Gasteiger partial charge in [-0.15, -0.1) is 0 Å². The third-order valence-corrected chi connectivity index (χ3v) is 5.83. The summed E-state index contributed by atoms with van der Waals surface area (Å²) in [5.41, 5.74) is 5.11. The Hall–Kier alpha value is -2.98. The molecule has 1 heterocycles. The van der Waals surface area contributed by atoms with Crippen molar-refractivity contribution in [3.8, 4) is 11.1 Å². The number of nitrogens with one attached hydrogen (secondary N) is 1. The molecule has 27 heavy (non-hydrogen) atoms. The van der Waals surface area contributed by atoms with Crippen LogP contribution in [-0.2, 0) is 0 Å². The van der Waals surface area contributed by atoms with Crippen LogP contribution in [0.15, 0.2) is 72.8 Å². The maximum absolute atomic E-state index is 12.1. The molecule has 1 fully saturated rings. The van der Waals surface area contributed by atoms with Gasteiger partial charge in [0.05, 0.1) is 10.2 Å². The van der Waals surface area contributed by atoms with E-state index in [1.165, 1.54) is 4.70 Å². The van der Waals surface area contributed by atoms with Crippen LogP contribution in [0.3, 0.4) is 0 Å². The number of para-hydroxylation sites is 1. The summed E-state index contributed by atoms with van der Waals surface area (Å²) in [7, 11) is 0. The normalized spacial score (nSPS) is 13.6. The van der Waals surface area contributed by atoms with Crippen molar-refractivity contribution in [2.75, 3.05) is 5.32 Å². The summed E-state index contributed by atoms with van der Waals surface area (Å²) in [6.45, 7) is 0. The Bertz CT molecular complexity index is 1080. The number of rotatable bonds is 5. The number of anilines is 2. The lowest BCUT2D eigenvalue weighted by Crippen LogP contribution is -2.00. The quantitative estimate of drug-likeness (QED) is 0.419. The van der Waals surface area contributed by atoms with Crippen molar-refractivity contribution in [1.29, 1.82) is 0 Å². The fourth-order valence-corrected chi connectivity index (χ4v) is 4.09. The number of nitrogens with zero attached hydrogens (tertiary/aromatic N) is 1. The SMILES string of the molecule is O=C(c1ccc(-c2ccc(Nc3nc4ccccc4s3)cc2)cc1)C1CC1. The summed E-state index contributed by atoms with van der Waals surface area (Å²) < 4.78 is 1.18. The van der Waals surface area contributed by atoms with Gasteiger partial charge in [-0.25, -0.2) is 4.98 Å². The summed E-state index contributed by atoms with van der Waals surface area (Å²) in [5, 5.41) is 4.27. The molecule has 0 aliphatic heterocycles. The van der Waals surface area contributed by atoms with Gasteiger partial charge in [0.1, 0.15) is 0 Å².